The maximum Gasteiger partial charge on any atom is 0.0689 e. The molecular weight excluding hydrogens is 398 g/mol. The van der Waals surface area contributed by atoms with Crippen molar-refractivity contribution < 1.29 is 0 Å². The molecule has 33 heavy (non-hydrogen) atoms. The summed E-state index contributed by atoms with van der Waals surface area (Å²) in [6, 6.07) is 21.2. The number of nitriles is 1. The minimum Gasteiger partial charge on any atom is -0.198 e. The van der Waals surface area contributed by atoms with Gasteiger partial charge in [-0.2, -0.15) is 5.26 Å². The molecule has 2 aromatic rings. The average Bonchev–Trinajstić information content (AvgIpc) is 2.87. The molecule has 1 saturated carbocycles. The number of aryl methyl sites for hydroxylation is 1. The van der Waals surface area contributed by atoms with E-state index >= 15 is 0 Å². The summed E-state index contributed by atoms with van der Waals surface area (Å²) in [5, 5.41) is 9.93. The fraction of sp³-hybridized carbons (Fsp3) is 0.594. The Morgan fingerprint density at radius 2 is 1.27 bits per heavy atom. The molecule has 0 aliphatic heterocycles. The van der Waals surface area contributed by atoms with Crippen molar-refractivity contribution in [3.8, 4) is 17.2 Å². The topological polar surface area (TPSA) is 23.8 Å². The molecule has 0 unspecified atom stereocenters. The Morgan fingerprint density at radius 3 is 1.88 bits per heavy atom. The number of unbranched alkanes of at least 4 members (excludes halogenated alkanes) is 7. The summed E-state index contributed by atoms with van der Waals surface area (Å²) in [6.07, 6.45) is 18.5. The number of hydrogen-bond donors (Lipinski definition) is 0. The first kappa shape index (κ1) is 25.6. The maximum atomic E-state index is 9.93. The molecule has 0 spiro atoms. The van der Waals surface area contributed by atoms with Crippen LogP contribution in [0.3, 0.4) is 0 Å². The first-order chi connectivity index (χ1) is 16.2. The molecule has 1 fully saturated rings. The average molecular weight is 444 g/mol. The summed E-state index contributed by atoms with van der Waals surface area (Å²) >= 11 is 0. The molecule has 1 aliphatic carbocycles. The van der Waals surface area contributed by atoms with Crippen molar-refractivity contribution in [1.29, 1.82) is 5.26 Å². The van der Waals surface area contributed by atoms with Crippen molar-refractivity contribution in [2.24, 2.45) is 5.41 Å². The van der Waals surface area contributed by atoms with Crippen LogP contribution in [0.4, 0.5) is 0 Å². The molecule has 0 atom stereocenters. The minimum absolute atomic E-state index is 0.0555. The van der Waals surface area contributed by atoms with Gasteiger partial charge in [0, 0.05) is 0 Å². The molecule has 0 heterocycles. The number of benzene rings is 2. The van der Waals surface area contributed by atoms with E-state index in [2.05, 4.69) is 68.4 Å². The Morgan fingerprint density at radius 1 is 0.727 bits per heavy atom. The van der Waals surface area contributed by atoms with Gasteiger partial charge in [0.05, 0.1) is 11.5 Å². The molecule has 3 rings (SSSR count). The van der Waals surface area contributed by atoms with Crippen LogP contribution in [0.25, 0.3) is 11.1 Å². The highest BCUT2D eigenvalue weighted by molar-refractivity contribution is 5.64. The van der Waals surface area contributed by atoms with Gasteiger partial charge in [-0.3, -0.25) is 0 Å². The Hall–Kier alpha value is -2.07. The lowest BCUT2D eigenvalue weighted by molar-refractivity contribution is 0.223. The number of rotatable bonds is 13. The number of hydrogen-bond acceptors (Lipinski definition) is 1. The SMILES string of the molecule is CCCCCCCC[C@]1(C#N)CC[C@H](c2ccc(-c3ccc(CCCCC)cc3)cc2)CC1. The van der Waals surface area contributed by atoms with Gasteiger partial charge in [-0.05, 0) is 73.1 Å². The third kappa shape index (κ3) is 7.74. The highest BCUT2D eigenvalue weighted by Crippen LogP contribution is 2.45. The molecule has 0 radical (unpaired) electrons. The summed E-state index contributed by atoms with van der Waals surface area (Å²) in [6.45, 7) is 4.53. The van der Waals surface area contributed by atoms with Gasteiger partial charge >= 0.3 is 0 Å². The van der Waals surface area contributed by atoms with E-state index in [1.165, 1.54) is 86.5 Å². The molecule has 0 amide bonds. The molecule has 0 saturated heterocycles. The summed E-state index contributed by atoms with van der Waals surface area (Å²) in [7, 11) is 0. The Kier molecular flexibility index (Phi) is 10.5. The lowest BCUT2D eigenvalue weighted by Gasteiger charge is -2.35. The molecular formula is C32H45N. The van der Waals surface area contributed by atoms with E-state index in [4.69, 9.17) is 0 Å². The van der Waals surface area contributed by atoms with Crippen LogP contribution in [-0.4, -0.2) is 0 Å². The van der Waals surface area contributed by atoms with E-state index in [-0.39, 0.29) is 5.41 Å². The Balaban J connectivity index is 1.49. The van der Waals surface area contributed by atoms with Gasteiger partial charge in [0.1, 0.15) is 0 Å². The largest absolute Gasteiger partial charge is 0.198 e. The normalized spacial score (nSPS) is 20.5. The van der Waals surface area contributed by atoms with Gasteiger partial charge in [0.25, 0.3) is 0 Å². The smallest absolute Gasteiger partial charge is 0.0689 e. The van der Waals surface area contributed by atoms with E-state index < -0.39 is 0 Å². The van der Waals surface area contributed by atoms with Crippen molar-refractivity contribution in [2.75, 3.05) is 0 Å². The van der Waals surface area contributed by atoms with Gasteiger partial charge in [-0.1, -0.05) is 114 Å². The van der Waals surface area contributed by atoms with E-state index in [0.717, 1.165) is 32.1 Å². The lowest BCUT2D eigenvalue weighted by Crippen LogP contribution is -2.25. The minimum atomic E-state index is -0.0555. The second-order valence-electron chi connectivity index (χ2n) is 10.5. The van der Waals surface area contributed by atoms with Gasteiger partial charge in [0.15, 0.2) is 0 Å². The van der Waals surface area contributed by atoms with Crippen molar-refractivity contribution >= 4 is 0 Å². The van der Waals surface area contributed by atoms with Crippen LogP contribution < -0.4 is 0 Å². The Labute approximate surface area is 203 Å². The fourth-order valence-electron chi connectivity index (χ4n) is 5.56. The van der Waals surface area contributed by atoms with Crippen LogP contribution >= 0.6 is 0 Å². The molecule has 2 aromatic carbocycles. The first-order valence-corrected chi connectivity index (χ1v) is 13.8. The van der Waals surface area contributed by atoms with E-state index in [0.29, 0.717) is 5.92 Å². The second-order valence-corrected chi connectivity index (χ2v) is 10.5. The third-order valence-electron chi connectivity index (χ3n) is 7.93. The molecule has 0 N–H and O–H groups in total. The molecule has 1 aliphatic rings. The van der Waals surface area contributed by atoms with Crippen LogP contribution in [0.2, 0.25) is 0 Å². The first-order valence-electron chi connectivity index (χ1n) is 13.8. The zero-order valence-corrected chi connectivity index (χ0v) is 21.2. The number of nitrogens with zero attached hydrogens (tertiary/aromatic N) is 1. The van der Waals surface area contributed by atoms with E-state index in [1.807, 2.05) is 0 Å². The maximum absolute atomic E-state index is 9.93. The van der Waals surface area contributed by atoms with Crippen LogP contribution in [0.5, 0.6) is 0 Å². The molecule has 0 aromatic heterocycles. The van der Waals surface area contributed by atoms with Crippen LogP contribution in [0.1, 0.15) is 121 Å². The van der Waals surface area contributed by atoms with E-state index in [1.54, 1.807) is 0 Å². The summed E-state index contributed by atoms with van der Waals surface area (Å²) in [4.78, 5) is 0. The second kappa shape index (κ2) is 13.6. The van der Waals surface area contributed by atoms with Gasteiger partial charge in [-0.15, -0.1) is 0 Å². The van der Waals surface area contributed by atoms with Gasteiger partial charge in [-0.25, -0.2) is 0 Å². The predicted molar refractivity (Wildman–Crippen MR) is 142 cm³/mol. The highest BCUT2D eigenvalue weighted by atomic mass is 14.4. The van der Waals surface area contributed by atoms with Crippen molar-refractivity contribution in [3.05, 3.63) is 59.7 Å². The van der Waals surface area contributed by atoms with Gasteiger partial charge in [0.2, 0.25) is 0 Å². The van der Waals surface area contributed by atoms with Crippen molar-refractivity contribution in [3.63, 3.8) is 0 Å². The monoisotopic (exact) mass is 443 g/mol. The lowest BCUT2D eigenvalue weighted by atomic mass is 9.67. The van der Waals surface area contributed by atoms with Gasteiger partial charge < -0.3 is 0 Å². The highest BCUT2D eigenvalue weighted by Gasteiger charge is 2.35. The van der Waals surface area contributed by atoms with Crippen LogP contribution in [0.15, 0.2) is 48.5 Å². The quantitative estimate of drug-likeness (QED) is 0.282. The summed E-state index contributed by atoms with van der Waals surface area (Å²) in [5.74, 6) is 0.617. The third-order valence-corrected chi connectivity index (χ3v) is 7.93. The van der Waals surface area contributed by atoms with E-state index in [9.17, 15) is 5.26 Å². The molecule has 1 heteroatoms. The standard InChI is InChI=1S/C32H45N/c1-3-5-7-8-9-11-23-32(26-33)24-21-31(22-25-32)30-19-17-29(18-20-30)28-15-13-27(14-16-28)12-10-6-4-2/h13-20,31H,3-12,21-25H2,1-2H3/t31-,32-. The van der Waals surface area contributed by atoms with Crippen molar-refractivity contribution in [1.82, 2.24) is 0 Å². The van der Waals surface area contributed by atoms with Crippen LogP contribution in [-0.2, 0) is 6.42 Å². The van der Waals surface area contributed by atoms with Crippen molar-refractivity contribution in [2.45, 2.75) is 116 Å². The van der Waals surface area contributed by atoms with Crippen LogP contribution in [0, 0.1) is 16.7 Å². The predicted octanol–water partition coefficient (Wildman–Crippen LogP) is 10.0. The summed E-state index contributed by atoms with van der Waals surface area (Å²) < 4.78 is 0. The molecule has 178 valence electrons. The zero-order valence-electron chi connectivity index (χ0n) is 21.2. The molecule has 0 bridgehead atoms. The fourth-order valence-corrected chi connectivity index (χ4v) is 5.56. The zero-order chi connectivity index (χ0) is 23.4. The Bertz CT molecular complexity index is 832. The molecule has 1 nitrogen and oxygen atoms in total. The summed E-state index contributed by atoms with van der Waals surface area (Å²) in [5.41, 5.74) is 5.48.